The summed E-state index contributed by atoms with van der Waals surface area (Å²) in [4.78, 5) is 0. The van der Waals surface area contributed by atoms with Gasteiger partial charge in [0.1, 0.15) is 0 Å². The van der Waals surface area contributed by atoms with Crippen LogP contribution in [-0.2, 0) is 17.9 Å². The van der Waals surface area contributed by atoms with E-state index in [-0.39, 0.29) is 6.61 Å². The molecule has 1 aromatic carbocycles. The Hall–Kier alpha value is 0.210. The van der Waals surface area contributed by atoms with Crippen LogP contribution >= 0.6 is 37.1 Å². The molecule has 1 rings (SSSR count). The molecule has 0 aliphatic rings. The van der Waals surface area contributed by atoms with Gasteiger partial charge in [-0.2, -0.15) is 0 Å². The van der Waals surface area contributed by atoms with E-state index < -0.39 is 37.1 Å². The van der Waals surface area contributed by atoms with Gasteiger partial charge >= 0.3 is 279 Å². The van der Waals surface area contributed by atoms with Gasteiger partial charge in [0, 0.05) is 0 Å². The number of benzene rings is 1. The molecule has 0 spiro atoms. The maximum atomic E-state index is 9.06. The molecule has 0 saturated carbocycles. The SMILES string of the molecule is CN(C)P(C)(=N[PH](N=P(C)(C)C)(N=P(C)(N(C)C)N(C)C)N=P(N(C)C)(N(C)C)N(C)Cc1ccc(COCCO)cc1)N(C)C. The summed E-state index contributed by atoms with van der Waals surface area (Å²) >= 11 is 0. The predicted molar refractivity (Wildman–Crippen MR) is 212 cm³/mol. The first-order valence-corrected chi connectivity index (χ1v) is 26.0. The molecule has 0 fully saturated rings. The normalized spacial score (nSPS) is 14.4. The van der Waals surface area contributed by atoms with Crippen molar-refractivity contribution in [3.8, 4) is 0 Å². The molecule has 0 heterocycles. The molecule has 0 radical (unpaired) electrons. The number of ether oxygens (including phenoxy) is 1. The molecule has 0 saturated heterocycles. The van der Waals surface area contributed by atoms with Crippen LogP contribution in [0.3, 0.4) is 0 Å². The molecule has 0 aliphatic heterocycles. The maximum absolute atomic E-state index is 9.06. The quantitative estimate of drug-likeness (QED) is 0.137. The summed E-state index contributed by atoms with van der Waals surface area (Å²) in [5.41, 5.74) is 2.25. The number of hydrogen-bond acceptors (Lipinski definition) is 6. The van der Waals surface area contributed by atoms with Gasteiger partial charge in [-0.3, -0.25) is 0 Å². The molecule has 46 heavy (non-hydrogen) atoms. The zero-order chi connectivity index (χ0) is 35.9. The Bertz CT molecular complexity index is 1260. The van der Waals surface area contributed by atoms with E-state index in [2.05, 4.69) is 182 Å². The van der Waals surface area contributed by atoms with Crippen molar-refractivity contribution in [1.29, 1.82) is 0 Å². The van der Waals surface area contributed by atoms with Crippen molar-refractivity contribution in [1.82, 2.24) is 32.7 Å². The van der Waals surface area contributed by atoms with Crippen LogP contribution in [0.2, 0.25) is 0 Å². The molecule has 1 N–H and O–H groups in total. The fourth-order valence-electron chi connectivity index (χ4n) is 4.86. The Morgan fingerprint density at radius 3 is 1.30 bits per heavy atom. The molecule has 0 aliphatic carbocycles. The fourth-order valence-corrected chi connectivity index (χ4v) is 25.3. The number of hydrogen-bond donors (Lipinski definition) is 1. The van der Waals surface area contributed by atoms with Crippen LogP contribution in [0.5, 0.6) is 0 Å². The van der Waals surface area contributed by atoms with Crippen molar-refractivity contribution < 1.29 is 9.84 Å². The molecule has 0 aromatic heterocycles. The third-order valence-electron chi connectivity index (χ3n) is 7.85. The molecular weight excluding hydrogens is 677 g/mol. The van der Waals surface area contributed by atoms with E-state index in [0.717, 1.165) is 5.56 Å². The third-order valence-corrected chi connectivity index (χ3v) is 27.9. The standard InChI is InChI=1S/C28H68N11O2P5/c1-33(2)43(17,34(3)4)30-45(29-42(14,15)16,31-44(18,35(5)6)36(7)8)32-46(37(9)10,38(11)12)39(13)25-27-19-21-28(22-20-27)26-41-24-23-40/h19-22,40,45H,23-26H2,1-18H3. The van der Waals surface area contributed by atoms with Crippen LogP contribution in [0.15, 0.2) is 42.3 Å². The Morgan fingerprint density at radius 1 is 0.587 bits per heavy atom. The molecular formula is C28H68N11O2P5. The molecule has 13 nitrogen and oxygen atoms in total. The Labute approximate surface area is 283 Å². The van der Waals surface area contributed by atoms with E-state index in [1.807, 2.05) is 0 Å². The summed E-state index contributed by atoms with van der Waals surface area (Å²) < 4.78 is 45.0. The zero-order valence-electron chi connectivity index (χ0n) is 32.2. The van der Waals surface area contributed by atoms with Crippen LogP contribution in [0.1, 0.15) is 11.1 Å². The Morgan fingerprint density at radius 2 is 0.978 bits per heavy atom. The Balaban J connectivity index is 4.42. The average Bonchev–Trinajstić information content (AvgIpc) is 2.90. The average molecular weight is 746 g/mol. The third kappa shape index (κ3) is 11.4. The van der Waals surface area contributed by atoms with Crippen LogP contribution in [0.4, 0.5) is 0 Å². The predicted octanol–water partition coefficient (Wildman–Crippen LogP) is 6.77. The summed E-state index contributed by atoms with van der Waals surface area (Å²) in [6, 6.07) is 8.50. The topological polar surface area (TPSA) is 102 Å². The van der Waals surface area contributed by atoms with Crippen LogP contribution < -0.4 is 0 Å². The van der Waals surface area contributed by atoms with Gasteiger partial charge in [0.05, 0.1) is 0 Å². The van der Waals surface area contributed by atoms with E-state index >= 15 is 0 Å². The van der Waals surface area contributed by atoms with Crippen molar-refractivity contribution in [2.75, 3.05) is 138 Å². The van der Waals surface area contributed by atoms with Gasteiger partial charge in [-0.05, 0) is 0 Å². The number of aliphatic hydroxyl groups excluding tert-OH is 1. The van der Waals surface area contributed by atoms with Gasteiger partial charge in [0.15, 0.2) is 0 Å². The summed E-state index contributed by atoms with van der Waals surface area (Å²) in [6.07, 6.45) is 0. The van der Waals surface area contributed by atoms with E-state index in [4.69, 9.17) is 27.9 Å². The van der Waals surface area contributed by atoms with Crippen molar-refractivity contribution in [2.45, 2.75) is 13.2 Å². The minimum absolute atomic E-state index is 0.0224. The van der Waals surface area contributed by atoms with Crippen molar-refractivity contribution in [3.63, 3.8) is 0 Å². The Kier molecular flexibility index (Phi) is 17.2. The zero-order valence-corrected chi connectivity index (χ0v) is 36.8. The fraction of sp³-hybridized carbons (Fsp3) is 0.786. The van der Waals surface area contributed by atoms with E-state index in [1.54, 1.807) is 0 Å². The van der Waals surface area contributed by atoms with Crippen molar-refractivity contribution in [2.24, 2.45) is 18.1 Å². The summed E-state index contributed by atoms with van der Waals surface area (Å²) in [5.74, 6) is 0. The second-order valence-electron chi connectivity index (χ2n) is 13.7. The number of aliphatic hydroxyl groups is 1. The molecule has 0 bridgehead atoms. The van der Waals surface area contributed by atoms with Gasteiger partial charge in [0.25, 0.3) is 0 Å². The molecule has 272 valence electrons. The molecule has 1 aromatic rings. The van der Waals surface area contributed by atoms with E-state index in [9.17, 15) is 0 Å². The molecule has 0 unspecified atom stereocenters. The molecule has 0 amide bonds. The van der Waals surface area contributed by atoms with E-state index in [1.165, 1.54) is 5.56 Å². The van der Waals surface area contributed by atoms with Gasteiger partial charge in [0.2, 0.25) is 0 Å². The first-order chi connectivity index (χ1) is 20.9. The number of rotatable bonds is 17. The van der Waals surface area contributed by atoms with Crippen LogP contribution in [0.25, 0.3) is 0 Å². The van der Waals surface area contributed by atoms with E-state index in [0.29, 0.717) is 19.8 Å². The van der Waals surface area contributed by atoms with Gasteiger partial charge in [-0.25, -0.2) is 0 Å². The molecule has 18 heteroatoms. The summed E-state index contributed by atoms with van der Waals surface area (Å²) in [7, 11) is 15.2. The van der Waals surface area contributed by atoms with Crippen LogP contribution in [-0.4, -0.2) is 176 Å². The first-order valence-electron chi connectivity index (χ1n) is 15.4. The molecule has 0 atom stereocenters. The second-order valence-corrected chi connectivity index (χ2v) is 32.0. The second kappa shape index (κ2) is 17.9. The monoisotopic (exact) mass is 745 g/mol. The number of nitrogens with zero attached hydrogens (tertiary/aromatic N) is 11. The van der Waals surface area contributed by atoms with Gasteiger partial charge < -0.3 is 5.11 Å². The van der Waals surface area contributed by atoms with Gasteiger partial charge in [-0.15, -0.1) is 0 Å². The summed E-state index contributed by atoms with van der Waals surface area (Å²) in [5, 5.41) is 9.06. The first kappa shape index (κ1) is 44.2. The van der Waals surface area contributed by atoms with Crippen molar-refractivity contribution in [3.05, 3.63) is 35.4 Å². The van der Waals surface area contributed by atoms with Gasteiger partial charge in [-0.1, -0.05) is 0 Å². The van der Waals surface area contributed by atoms with Crippen molar-refractivity contribution >= 4 is 37.1 Å². The minimum atomic E-state index is -3.55. The summed E-state index contributed by atoms with van der Waals surface area (Å²) in [6.45, 7) is 12.8. The van der Waals surface area contributed by atoms with Crippen LogP contribution in [0, 0.1) is 0 Å².